The minimum Gasteiger partial charge on any atom is -0.349 e. The zero-order valence-electron chi connectivity index (χ0n) is 13.3. The van der Waals surface area contributed by atoms with Crippen molar-refractivity contribution in [2.75, 3.05) is 13.6 Å². The van der Waals surface area contributed by atoms with Crippen molar-refractivity contribution >= 4 is 22.2 Å². The quantitative estimate of drug-likeness (QED) is 0.733. The third-order valence-electron chi connectivity index (χ3n) is 3.04. The molecule has 8 heteroatoms. The van der Waals surface area contributed by atoms with Crippen molar-refractivity contribution in [1.29, 1.82) is 0 Å². The number of quaternary nitrogens is 1. The van der Waals surface area contributed by atoms with Crippen molar-refractivity contribution in [1.82, 2.24) is 19.9 Å². The van der Waals surface area contributed by atoms with Crippen LogP contribution in [0.15, 0.2) is 10.9 Å². The Hall–Kier alpha value is -1.80. The van der Waals surface area contributed by atoms with E-state index in [1.807, 2.05) is 27.8 Å². The summed E-state index contributed by atoms with van der Waals surface area (Å²) in [6, 6.07) is 1.62. The van der Waals surface area contributed by atoms with Crippen LogP contribution in [0.2, 0.25) is 0 Å². The van der Waals surface area contributed by atoms with Crippen molar-refractivity contribution < 1.29 is 9.69 Å². The van der Waals surface area contributed by atoms with Crippen LogP contribution in [0.1, 0.15) is 31.5 Å². The van der Waals surface area contributed by atoms with Crippen LogP contribution in [-0.2, 0) is 17.8 Å². The van der Waals surface area contributed by atoms with Crippen LogP contribution in [0.25, 0.3) is 4.96 Å². The molecule has 0 bridgehead atoms. The lowest BCUT2D eigenvalue weighted by Crippen LogP contribution is -3.09. The number of fused-ring (bicyclic) bond motifs is 1. The number of carbonyl (C=O) groups excluding carboxylic acids is 1. The van der Waals surface area contributed by atoms with Gasteiger partial charge in [0.1, 0.15) is 17.2 Å². The molecule has 2 aromatic rings. The van der Waals surface area contributed by atoms with E-state index >= 15 is 0 Å². The summed E-state index contributed by atoms with van der Waals surface area (Å²) in [4.78, 5) is 29.9. The molecule has 0 radical (unpaired) electrons. The highest BCUT2D eigenvalue weighted by atomic mass is 32.1. The molecule has 2 aromatic heterocycles. The molecule has 0 fully saturated rings. The summed E-state index contributed by atoms with van der Waals surface area (Å²) < 4.78 is 1.34. The molecule has 0 saturated carbocycles. The molecule has 2 rings (SSSR count). The van der Waals surface area contributed by atoms with E-state index in [2.05, 4.69) is 15.4 Å². The first kappa shape index (κ1) is 16.6. The summed E-state index contributed by atoms with van der Waals surface area (Å²) in [5, 5.41) is 7.97. The number of hydrogen-bond acceptors (Lipinski definition) is 5. The molecular weight excluding hydrogens is 302 g/mol. The third kappa shape index (κ3) is 4.11. The van der Waals surface area contributed by atoms with Crippen LogP contribution < -0.4 is 15.8 Å². The summed E-state index contributed by atoms with van der Waals surface area (Å²) in [6.45, 7) is 6.73. The van der Waals surface area contributed by atoms with Gasteiger partial charge in [0.05, 0.1) is 7.05 Å². The lowest BCUT2D eigenvalue weighted by atomic mass is 10.3. The summed E-state index contributed by atoms with van der Waals surface area (Å²) in [5.74, 6) is -0.00337. The Bertz CT molecular complexity index is 722. The first-order valence-electron chi connectivity index (χ1n) is 7.38. The number of hydrogen-bond donors (Lipinski definition) is 2. The SMILES string of the molecule is CCc1nn2c(=O)cc(C[NH+](C)CC(=O)NC(C)C)nc2s1. The van der Waals surface area contributed by atoms with Gasteiger partial charge in [-0.2, -0.15) is 9.61 Å². The molecule has 1 atom stereocenters. The zero-order chi connectivity index (χ0) is 16.3. The van der Waals surface area contributed by atoms with E-state index in [0.717, 1.165) is 16.3 Å². The van der Waals surface area contributed by atoms with Crippen molar-refractivity contribution in [3.05, 3.63) is 27.1 Å². The van der Waals surface area contributed by atoms with E-state index < -0.39 is 0 Å². The maximum atomic E-state index is 12.1. The minimum absolute atomic E-state index is 0.00337. The predicted octanol–water partition coefficient (Wildman–Crippen LogP) is -0.747. The van der Waals surface area contributed by atoms with Gasteiger partial charge in [-0.25, -0.2) is 4.98 Å². The second-order valence-electron chi connectivity index (χ2n) is 5.66. The first-order chi connectivity index (χ1) is 10.4. The molecule has 22 heavy (non-hydrogen) atoms. The van der Waals surface area contributed by atoms with Gasteiger partial charge in [0.15, 0.2) is 6.54 Å². The Morgan fingerprint density at radius 1 is 1.50 bits per heavy atom. The molecule has 0 saturated heterocycles. The average molecular weight is 324 g/mol. The Morgan fingerprint density at radius 3 is 2.86 bits per heavy atom. The second-order valence-corrected chi connectivity index (χ2v) is 6.70. The molecule has 2 heterocycles. The lowest BCUT2D eigenvalue weighted by molar-refractivity contribution is -0.885. The van der Waals surface area contributed by atoms with Gasteiger partial charge < -0.3 is 10.2 Å². The van der Waals surface area contributed by atoms with Crippen LogP contribution in [0.5, 0.6) is 0 Å². The maximum absolute atomic E-state index is 12.1. The van der Waals surface area contributed by atoms with Gasteiger partial charge >= 0.3 is 0 Å². The molecule has 120 valence electrons. The monoisotopic (exact) mass is 324 g/mol. The number of nitrogens with one attached hydrogen (secondary N) is 2. The van der Waals surface area contributed by atoms with Gasteiger partial charge in [-0.3, -0.25) is 9.59 Å². The number of rotatable bonds is 6. The zero-order valence-corrected chi connectivity index (χ0v) is 14.2. The van der Waals surface area contributed by atoms with Gasteiger partial charge in [-0.1, -0.05) is 18.3 Å². The fraction of sp³-hybridized carbons (Fsp3) is 0.571. The number of likely N-dealkylation sites (N-methyl/N-ethyl adjacent to an activating group) is 1. The van der Waals surface area contributed by atoms with E-state index in [-0.39, 0.29) is 17.5 Å². The van der Waals surface area contributed by atoms with Crippen molar-refractivity contribution in [3.63, 3.8) is 0 Å². The third-order valence-corrected chi connectivity index (χ3v) is 4.09. The minimum atomic E-state index is -0.171. The molecule has 0 aromatic carbocycles. The number of aromatic nitrogens is 3. The Morgan fingerprint density at radius 2 is 2.23 bits per heavy atom. The fourth-order valence-corrected chi connectivity index (χ4v) is 3.01. The molecular formula is C14H22N5O2S+. The Labute approximate surface area is 133 Å². The predicted molar refractivity (Wildman–Crippen MR) is 85.2 cm³/mol. The van der Waals surface area contributed by atoms with E-state index in [9.17, 15) is 9.59 Å². The smallest absolute Gasteiger partial charge is 0.275 e. The standard InChI is InChI=1S/C14H21N5O2S/c1-5-12-17-19-13(21)6-10(16-14(19)22-12)7-18(4)8-11(20)15-9(2)3/h6,9H,5,7-8H2,1-4H3,(H,15,20)/p+1. The highest BCUT2D eigenvalue weighted by Gasteiger charge is 2.14. The van der Waals surface area contributed by atoms with Crippen LogP contribution in [0.4, 0.5) is 0 Å². The molecule has 0 aliphatic heterocycles. The molecule has 7 nitrogen and oxygen atoms in total. The largest absolute Gasteiger partial charge is 0.349 e. The van der Waals surface area contributed by atoms with E-state index in [0.29, 0.717) is 23.7 Å². The summed E-state index contributed by atoms with van der Waals surface area (Å²) >= 11 is 1.43. The number of aryl methyl sites for hydroxylation is 1. The van der Waals surface area contributed by atoms with Crippen LogP contribution in [-0.4, -0.2) is 40.1 Å². The van der Waals surface area contributed by atoms with Crippen LogP contribution in [0.3, 0.4) is 0 Å². The van der Waals surface area contributed by atoms with Crippen molar-refractivity contribution in [2.45, 2.75) is 39.8 Å². The second kappa shape index (κ2) is 6.97. The molecule has 1 unspecified atom stereocenters. The molecule has 0 aliphatic carbocycles. The van der Waals surface area contributed by atoms with Gasteiger partial charge in [0, 0.05) is 12.1 Å². The molecule has 1 amide bonds. The van der Waals surface area contributed by atoms with Crippen LogP contribution >= 0.6 is 11.3 Å². The highest BCUT2D eigenvalue weighted by Crippen LogP contribution is 2.11. The Kier molecular flexibility index (Phi) is 5.25. The normalized spacial score (nSPS) is 12.8. The summed E-state index contributed by atoms with van der Waals surface area (Å²) in [6.07, 6.45) is 0.781. The number of carbonyl (C=O) groups is 1. The van der Waals surface area contributed by atoms with Crippen molar-refractivity contribution in [2.24, 2.45) is 0 Å². The fourth-order valence-electron chi connectivity index (χ4n) is 2.15. The van der Waals surface area contributed by atoms with Gasteiger partial charge in [-0.15, -0.1) is 0 Å². The van der Waals surface area contributed by atoms with E-state index in [4.69, 9.17) is 0 Å². The molecule has 0 spiro atoms. The van der Waals surface area contributed by atoms with E-state index in [1.165, 1.54) is 21.9 Å². The summed E-state index contributed by atoms with van der Waals surface area (Å²) in [7, 11) is 1.91. The summed E-state index contributed by atoms with van der Waals surface area (Å²) in [5.41, 5.74) is 0.515. The van der Waals surface area contributed by atoms with Gasteiger partial charge in [0.25, 0.3) is 11.5 Å². The molecule has 2 N–H and O–H groups in total. The van der Waals surface area contributed by atoms with E-state index in [1.54, 1.807) is 0 Å². The van der Waals surface area contributed by atoms with Crippen molar-refractivity contribution in [3.8, 4) is 0 Å². The topological polar surface area (TPSA) is 80.8 Å². The number of nitrogens with zero attached hydrogens (tertiary/aromatic N) is 3. The first-order valence-corrected chi connectivity index (χ1v) is 8.20. The van der Waals surface area contributed by atoms with Gasteiger partial charge in [-0.05, 0) is 20.3 Å². The maximum Gasteiger partial charge on any atom is 0.275 e. The lowest BCUT2D eigenvalue weighted by Gasteiger charge is -2.14. The number of amides is 1. The highest BCUT2D eigenvalue weighted by molar-refractivity contribution is 7.16. The molecule has 0 aliphatic rings. The average Bonchev–Trinajstić information content (AvgIpc) is 2.80. The van der Waals surface area contributed by atoms with Gasteiger partial charge in [0.2, 0.25) is 4.96 Å². The Balaban J connectivity index is 2.11. The van der Waals surface area contributed by atoms with Crippen LogP contribution in [0, 0.1) is 0 Å².